The van der Waals surface area contributed by atoms with Crippen LogP contribution in [0.1, 0.15) is 12.5 Å². The summed E-state index contributed by atoms with van der Waals surface area (Å²) in [6, 6.07) is 3.77. The van der Waals surface area contributed by atoms with Gasteiger partial charge in [-0.1, -0.05) is 6.07 Å². The van der Waals surface area contributed by atoms with Gasteiger partial charge in [0.25, 0.3) is 0 Å². The Labute approximate surface area is 177 Å². The third-order valence-electron chi connectivity index (χ3n) is 4.83. The fraction of sp³-hybridized carbons (Fsp3) is 0.632. The number of hydrogen-bond acceptors (Lipinski definition) is 10. The summed E-state index contributed by atoms with van der Waals surface area (Å²) in [4.78, 5) is 15.4. The van der Waals surface area contributed by atoms with E-state index in [1.807, 2.05) is 17.0 Å². The molecule has 1 aromatic carbocycles. The maximum absolute atomic E-state index is 11.2. The predicted molar refractivity (Wildman–Crippen MR) is 108 cm³/mol. The highest BCUT2D eigenvalue weighted by molar-refractivity contribution is 7.85. The number of piperazine rings is 1. The van der Waals surface area contributed by atoms with Gasteiger partial charge in [0.15, 0.2) is 11.5 Å². The van der Waals surface area contributed by atoms with E-state index < -0.39 is 27.9 Å². The van der Waals surface area contributed by atoms with Gasteiger partial charge in [-0.3, -0.25) is 14.6 Å². The molecule has 1 aliphatic heterocycles. The maximum Gasteiger partial charge on any atom is 0.302 e. The zero-order valence-corrected chi connectivity index (χ0v) is 18.6. The first-order valence-electron chi connectivity index (χ1n) is 9.50. The van der Waals surface area contributed by atoms with E-state index >= 15 is 0 Å². The number of ether oxygens (including phenoxy) is 4. The first-order valence-corrected chi connectivity index (χ1v) is 11.1. The Morgan fingerprint density at radius 3 is 2.13 bits per heavy atom. The molecule has 1 atom stereocenters. The second-order valence-electron chi connectivity index (χ2n) is 7.03. The smallest absolute Gasteiger partial charge is 0.302 e. The summed E-state index contributed by atoms with van der Waals surface area (Å²) in [5.74, 6) is 0.417. The van der Waals surface area contributed by atoms with Crippen molar-refractivity contribution < 1.29 is 36.7 Å². The Hall–Kier alpha value is -2.08. The van der Waals surface area contributed by atoms with Crippen molar-refractivity contribution in [3.8, 4) is 17.2 Å². The Bertz CT molecular complexity index is 822. The van der Waals surface area contributed by atoms with Gasteiger partial charge in [0.1, 0.15) is 6.10 Å². The Morgan fingerprint density at radius 1 is 1.03 bits per heavy atom. The fourth-order valence-corrected chi connectivity index (χ4v) is 4.16. The molecular formula is C19H29N2O8S-. The van der Waals surface area contributed by atoms with Gasteiger partial charge in [0, 0.05) is 51.8 Å². The Kier molecular flexibility index (Phi) is 8.71. The first-order chi connectivity index (χ1) is 14.2. The summed E-state index contributed by atoms with van der Waals surface area (Å²) in [6.07, 6.45) is -0.970. The van der Waals surface area contributed by atoms with E-state index in [0.29, 0.717) is 50.0 Å². The number of carbonyl (C=O) groups is 1. The molecule has 170 valence electrons. The van der Waals surface area contributed by atoms with E-state index in [-0.39, 0.29) is 6.54 Å². The molecule has 0 spiro atoms. The van der Waals surface area contributed by atoms with Crippen molar-refractivity contribution in [2.45, 2.75) is 19.6 Å². The van der Waals surface area contributed by atoms with E-state index in [1.54, 1.807) is 21.3 Å². The highest BCUT2D eigenvalue weighted by Crippen LogP contribution is 2.40. The van der Waals surface area contributed by atoms with E-state index in [4.69, 9.17) is 18.9 Å². The highest BCUT2D eigenvalue weighted by Gasteiger charge is 2.25. The molecular weight excluding hydrogens is 416 g/mol. The molecule has 11 heteroatoms. The molecule has 0 saturated carbocycles. The molecule has 1 aromatic rings. The molecule has 30 heavy (non-hydrogen) atoms. The van der Waals surface area contributed by atoms with Gasteiger partial charge in [0.05, 0.1) is 37.2 Å². The van der Waals surface area contributed by atoms with Crippen LogP contribution in [0.4, 0.5) is 0 Å². The summed E-state index contributed by atoms with van der Waals surface area (Å²) in [7, 11) is 0.217. The monoisotopic (exact) mass is 445 g/mol. The fourth-order valence-electron chi connectivity index (χ4n) is 3.53. The standard InChI is InChI=1S/C19H30N2O8S/c1-14(22)29-16(13-30(23,24)25)12-21-9-7-20(8-10-21)11-15-5-6-17(26-2)19(28-4)18(15)27-3/h5-6,16H,7-13H2,1-4H3,(H,23,24,25)/p-1. The molecule has 0 radical (unpaired) electrons. The number of esters is 1. The van der Waals surface area contributed by atoms with Crippen molar-refractivity contribution in [1.29, 1.82) is 0 Å². The molecule has 10 nitrogen and oxygen atoms in total. The normalized spacial score (nSPS) is 16.7. The minimum absolute atomic E-state index is 0.203. The molecule has 0 N–H and O–H groups in total. The van der Waals surface area contributed by atoms with Crippen LogP contribution in [0.3, 0.4) is 0 Å². The molecule has 0 amide bonds. The van der Waals surface area contributed by atoms with Crippen LogP contribution in [-0.4, -0.2) is 94.6 Å². The number of rotatable bonds is 10. The van der Waals surface area contributed by atoms with E-state index in [1.165, 1.54) is 6.92 Å². The van der Waals surface area contributed by atoms with E-state index in [0.717, 1.165) is 5.56 Å². The van der Waals surface area contributed by atoms with Crippen molar-refractivity contribution >= 4 is 16.1 Å². The van der Waals surface area contributed by atoms with Crippen LogP contribution in [0, 0.1) is 0 Å². The van der Waals surface area contributed by atoms with Gasteiger partial charge < -0.3 is 23.5 Å². The molecule has 1 heterocycles. The Balaban J connectivity index is 1.98. The minimum atomic E-state index is -4.49. The summed E-state index contributed by atoms with van der Waals surface area (Å²) in [5, 5.41) is 0. The third kappa shape index (κ3) is 7.01. The van der Waals surface area contributed by atoms with Crippen molar-refractivity contribution in [1.82, 2.24) is 9.80 Å². The SMILES string of the molecule is COc1ccc(CN2CCN(CC(CS(=O)(=O)[O-])OC(C)=O)CC2)c(OC)c1OC. The van der Waals surface area contributed by atoms with Crippen LogP contribution in [0.15, 0.2) is 12.1 Å². The van der Waals surface area contributed by atoms with E-state index in [9.17, 15) is 17.8 Å². The van der Waals surface area contributed by atoms with Gasteiger partial charge in [-0.25, -0.2) is 8.42 Å². The molecule has 1 aliphatic rings. The summed E-state index contributed by atoms with van der Waals surface area (Å²) in [5.41, 5.74) is 0.957. The quantitative estimate of drug-likeness (QED) is 0.368. The van der Waals surface area contributed by atoms with E-state index in [2.05, 4.69) is 4.90 Å². The average molecular weight is 446 g/mol. The number of hydrogen-bond donors (Lipinski definition) is 0. The van der Waals surface area contributed by atoms with Crippen molar-refractivity contribution in [3.63, 3.8) is 0 Å². The first kappa shape index (κ1) is 24.2. The Morgan fingerprint density at radius 2 is 1.63 bits per heavy atom. The number of carbonyl (C=O) groups excluding carboxylic acids is 1. The van der Waals surface area contributed by atoms with Crippen molar-refractivity contribution in [2.24, 2.45) is 0 Å². The number of nitrogens with zero attached hydrogens (tertiary/aromatic N) is 2. The summed E-state index contributed by atoms with van der Waals surface area (Å²) >= 11 is 0. The lowest BCUT2D eigenvalue weighted by molar-refractivity contribution is -0.146. The lowest BCUT2D eigenvalue weighted by Crippen LogP contribution is -2.49. The second kappa shape index (κ2) is 10.8. The summed E-state index contributed by atoms with van der Waals surface area (Å²) in [6.45, 7) is 4.76. The van der Waals surface area contributed by atoms with Crippen LogP contribution in [0.5, 0.6) is 17.2 Å². The minimum Gasteiger partial charge on any atom is -0.748 e. The van der Waals surface area contributed by atoms with Crippen LogP contribution >= 0.6 is 0 Å². The topological polar surface area (TPSA) is 118 Å². The molecule has 1 saturated heterocycles. The number of benzene rings is 1. The molecule has 1 fully saturated rings. The maximum atomic E-state index is 11.2. The predicted octanol–water partition coefficient (Wildman–Crippen LogP) is 0.307. The molecule has 0 bridgehead atoms. The van der Waals surface area contributed by atoms with Gasteiger partial charge in [-0.05, 0) is 6.07 Å². The highest BCUT2D eigenvalue weighted by atomic mass is 32.2. The third-order valence-corrected chi connectivity index (χ3v) is 5.61. The van der Waals surface area contributed by atoms with Crippen LogP contribution in [-0.2, 0) is 26.2 Å². The van der Waals surface area contributed by atoms with Crippen molar-refractivity contribution in [3.05, 3.63) is 17.7 Å². The molecule has 0 aliphatic carbocycles. The largest absolute Gasteiger partial charge is 0.748 e. The lowest BCUT2D eigenvalue weighted by Gasteiger charge is -2.36. The lowest BCUT2D eigenvalue weighted by atomic mass is 10.1. The molecule has 0 aromatic heterocycles. The summed E-state index contributed by atoms with van der Waals surface area (Å²) < 4.78 is 54.5. The van der Waals surface area contributed by atoms with Gasteiger partial charge in [-0.2, -0.15) is 0 Å². The zero-order valence-electron chi connectivity index (χ0n) is 17.8. The van der Waals surface area contributed by atoms with Crippen LogP contribution < -0.4 is 14.2 Å². The van der Waals surface area contributed by atoms with Gasteiger partial charge in [0.2, 0.25) is 5.75 Å². The van der Waals surface area contributed by atoms with Crippen LogP contribution in [0.25, 0.3) is 0 Å². The van der Waals surface area contributed by atoms with Gasteiger partial charge >= 0.3 is 5.97 Å². The molecule has 2 rings (SSSR count). The van der Waals surface area contributed by atoms with Crippen molar-refractivity contribution in [2.75, 3.05) is 59.8 Å². The van der Waals surface area contributed by atoms with Gasteiger partial charge in [-0.15, -0.1) is 0 Å². The van der Waals surface area contributed by atoms with Crippen LogP contribution in [0.2, 0.25) is 0 Å². The second-order valence-corrected chi connectivity index (χ2v) is 8.47. The molecule has 1 unspecified atom stereocenters. The zero-order chi connectivity index (χ0) is 22.3. The number of methoxy groups -OCH3 is 3. The average Bonchev–Trinajstić information content (AvgIpc) is 2.67.